The van der Waals surface area contributed by atoms with E-state index < -0.39 is 23.5 Å². The highest BCUT2D eigenvalue weighted by molar-refractivity contribution is 9.10. The van der Waals surface area contributed by atoms with E-state index in [9.17, 15) is 22.8 Å². The monoisotopic (exact) mass is 686 g/mol. The predicted octanol–water partition coefficient (Wildman–Crippen LogP) is 9.08. The summed E-state index contributed by atoms with van der Waals surface area (Å²) in [6.07, 6.45) is -1.28. The molecule has 1 aliphatic carbocycles. The summed E-state index contributed by atoms with van der Waals surface area (Å²) in [7, 11) is 0. The molecule has 0 aromatic heterocycles. The van der Waals surface area contributed by atoms with Crippen molar-refractivity contribution in [1.29, 1.82) is 0 Å². The van der Waals surface area contributed by atoms with Gasteiger partial charge in [-0.3, -0.25) is 9.59 Å². The van der Waals surface area contributed by atoms with Crippen LogP contribution in [0.2, 0.25) is 15.1 Å². The minimum absolute atomic E-state index is 0.0203. The first kappa shape index (κ1) is 31.4. The van der Waals surface area contributed by atoms with Crippen LogP contribution in [-0.2, 0) is 11.3 Å². The van der Waals surface area contributed by atoms with Gasteiger partial charge in [-0.2, -0.15) is 13.2 Å². The summed E-state index contributed by atoms with van der Waals surface area (Å²) in [5, 5.41) is 2.71. The van der Waals surface area contributed by atoms with Gasteiger partial charge in [-0.1, -0.05) is 83.4 Å². The molecule has 0 bridgehead atoms. The van der Waals surface area contributed by atoms with E-state index in [-0.39, 0.29) is 32.1 Å². The minimum atomic E-state index is -4.62. The summed E-state index contributed by atoms with van der Waals surface area (Å²) >= 11 is 21.2. The van der Waals surface area contributed by atoms with Gasteiger partial charge in [0, 0.05) is 17.6 Å². The van der Waals surface area contributed by atoms with Gasteiger partial charge in [0.05, 0.1) is 26.5 Å². The average molecular weight is 689 g/mol. The molecule has 1 atom stereocenters. The Morgan fingerprint density at radius 1 is 1.05 bits per heavy atom. The number of halogens is 7. The van der Waals surface area contributed by atoms with E-state index in [1.54, 1.807) is 4.90 Å². The van der Waals surface area contributed by atoms with E-state index in [2.05, 4.69) is 21.2 Å². The number of allylic oxidation sites excluding steroid dienone is 1. The summed E-state index contributed by atoms with van der Waals surface area (Å²) in [6, 6.07) is 16.4. The quantitative estimate of drug-likeness (QED) is 0.228. The summed E-state index contributed by atoms with van der Waals surface area (Å²) in [6.45, 7) is 2.82. The van der Waals surface area contributed by atoms with Crippen LogP contribution in [0.4, 0.5) is 13.2 Å². The molecule has 11 heteroatoms. The smallest absolute Gasteiger partial charge is 0.338 e. The zero-order valence-corrected chi connectivity index (χ0v) is 25.6. The van der Waals surface area contributed by atoms with Gasteiger partial charge < -0.3 is 10.2 Å². The molecule has 2 amide bonds. The molecule has 0 heterocycles. The highest BCUT2D eigenvalue weighted by Gasteiger charge is 2.53. The Labute approximate surface area is 259 Å². The maximum atomic E-state index is 13.9. The van der Waals surface area contributed by atoms with Crippen molar-refractivity contribution in [3.63, 3.8) is 0 Å². The Morgan fingerprint density at radius 2 is 1.68 bits per heavy atom. The Kier molecular flexibility index (Phi) is 9.79. The number of alkyl halides is 3. The fourth-order valence-corrected chi connectivity index (χ4v) is 5.62. The zero-order chi connectivity index (χ0) is 29.9. The SMILES string of the molecule is CCN(Cc1ccccc1)C(=O)C1(NC(=O)c2ccc(/C=C/C(c3cc(Cl)c(Cl)c(Cl)c3)C(F)(F)F)cc2Br)CC1. The number of benzene rings is 3. The number of hydrogen-bond donors (Lipinski definition) is 1. The van der Waals surface area contributed by atoms with Crippen LogP contribution < -0.4 is 5.32 Å². The fraction of sp³-hybridized carbons (Fsp3) is 0.267. The standard InChI is InChI=1S/C30H25BrCl3F3N2O2/c1-2-39(17-19-6-4-3-5-7-19)28(41)29(12-13-29)38-27(40)21-10-8-18(14-23(21)31)9-11-22(30(35,36)37)20-15-24(32)26(34)25(33)16-20/h3-11,14-16,22H,2,12-13,17H2,1H3,(H,38,40)/b11-9+. The average Bonchev–Trinajstić information content (AvgIpc) is 3.70. The molecule has 0 radical (unpaired) electrons. The van der Waals surface area contributed by atoms with Gasteiger partial charge >= 0.3 is 6.18 Å². The molecule has 1 aliphatic rings. The van der Waals surface area contributed by atoms with Crippen LogP contribution in [0.15, 0.2) is 71.2 Å². The molecule has 216 valence electrons. The minimum Gasteiger partial charge on any atom is -0.338 e. The molecule has 4 rings (SSSR count). The zero-order valence-electron chi connectivity index (χ0n) is 21.7. The summed E-state index contributed by atoms with van der Waals surface area (Å²) in [5.74, 6) is -2.59. The number of rotatable bonds is 9. The van der Waals surface area contributed by atoms with Gasteiger partial charge in [-0.05, 0) is 76.7 Å². The second-order valence-corrected chi connectivity index (χ2v) is 11.8. The molecule has 1 unspecified atom stereocenters. The molecule has 1 fully saturated rings. The number of carbonyl (C=O) groups is 2. The van der Waals surface area contributed by atoms with Crippen molar-refractivity contribution in [1.82, 2.24) is 10.2 Å². The van der Waals surface area contributed by atoms with Crippen molar-refractivity contribution in [2.75, 3.05) is 6.54 Å². The molecule has 41 heavy (non-hydrogen) atoms. The molecule has 3 aromatic carbocycles. The van der Waals surface area contributed by atoms with Crippen LogP contribution in [0.3, 0.4) is 0 Å². The van der Waals surface area contributed by atoms with Crippen LogP contribution in [0.5, 0.6) is 0 Å². The second-order valence-electron chi connectivity index (χ2n) is 9.76. The maximum absolute atomic E-state index is 13.9. The van der Waals surface area contributed by atoms with E-state index in [0.717, 1.165) is 23.8 Å². The number of hydrogen-bond acceptors (Lipinski definition) is 2. The van der Waals surface area contributed by atoms with Crippen molar-refractivity contribution < 1.29 is 22.8 Å². The van der Waals surface area contributed by atoms with E-state index in [0.29, 0.717) is 36.0 Å². The predicted molar refractivity (Wildman–Crippen MR) is 160 cm³/mol. The maximum Gasteiger partial charge on any atom is 0.399 e. The second kappa shape index (κ2) is 12.8. The lowest BCUT2D eigenvalue weighted by Gasteiger charge is -2.27. The molecule has 0 saturated heterocycles. The number of likely N-dealkylation sites (N-methyl/N-ethyl adjacent to an activating group) is 1. The molecule has 3 aromatic rings. The van der Waals surface area contributed by atoms with Gasteiger partial charge in [0.2, 0.25) is 5.91 Å². The Hall–Kier alpha value is -2.52. The third kappa shape index (κ3) is 7.47. The van der Waals surface area contributed by atoms with Gasteiger partial charge in [0.15, 0.2) is 0 Å². The van der Waals surface area contributed by atoms with Crippen LogP contribution in [-0.4, -0.2) is 35.0 Å². The lowest BCUT2D eigenvalue weighted by atomic mass is 9.97. The Balaban J connectivity index is 1.49. The third-order valence-electron chi connectivity index (χ3n) is 6.83. The summed E-state index contributed by atoms with van der Waals surface area (Å²) in [5.41, 5.74) is 0.547. The third-order valence-corrected chi connectivity index (χ3v) is 8.69. The molecule has 4 nitrogen and oxygen atoms in total. The molecule has 0 aliphatic heterocycles. The van der Waals surface area contributed by atoms with Crippen LogP contribution in [0, 0.1) is 0 Å². The van der Waals surface area contributed by atoms with Crippen molar-refractivity contribution in [2.24, 2.45) is 0 Å². The number of nitrogens with one attached hydrogen (secondary N) is 1. The van der Waals surface area contributed by atoms with Gasteiger partial charge in [0.1, 0.15) is 5.54 Å². The summed E-state index contributed by atoms with van der Waals surface area (Å²) in [4.78, 5) is 28.2. The normalized spacial score (nSPS) is 15.0. The lowest BCUT2D eigenvalue weighted by Crippen LogP contribution is -2.50. The fourth-order valence-electron chi connectivity index (χ4n) is 4.43. The first-order chi connectivity index (χ1) is 19.3. The molecular formula is C30H25BrCl3F3N2O2. The largest absolute Gasteiger partial charge is 0.399 e. The molecular weight excluding hydrogens is 664 g/mol. The van der Waals surface area contributed by atoms with Gasteiger partial charge in [-0.25, -0.2) is 0 Å². The number of amides is 2. The highest BCUT2D eigenvalue weighted by Crippen LogP contribution is 2.41. The molecule has 1 N–H and O–H groups in total. The summed E-state index contributed by atoms with van der Waals surface area (Å²) < 4.78 is 42.0. The van der Waals surface area contributed by atoms with Gasteiger partial charge in [-0.15, -0.1) is 0 Å². The van der Waals surface area contributed by atoms with Crippen LogP contribution in [0.25, 0.3) is 6.08 Å². The first-order valence-corrected chi connectivity index (χ1v) is 14.6. The van der Waals surface area contributed by atoms with Crippen molar-refractivity contribution in [3.05, 3.63) is 109 Å². The Bertz CT molecular complexity index is 1450. The van der Waals surface area contributed by atoms with E-state index in [1.807, 2.05) is 37.3 Å². The van der Waals surface area contributed by atoms with E-state index >= 15 is 0 Å². The highest BCUT2D eigenvalue weighted by atomic mass is 79.9. The Morgan fingerprint density at radius 3 is 2.22 bits per heavy atom. The topological polar surface area (TPSA) is 49.4 Å². The molecule has 0 spiro atoms. The van der Waals surface area contributed by atoms with Crippen LogP contribution in [0.1, 0.15) is 52.7 Å². The lowest BCUT2D eigenvalue weighted by molar-refractivity contribution is -0.139. The van der Waals surface area contributed by atoms with Crippen molar-refractivity contribution >= 4 is 68.6 Å². The number of nitrogens with zero attached hydrogens (tertiary/aromatic N) is 1. The van der Waals surface area contributed by atoms with E-state index in [4.69, 9.17) is 34.8 Å². The number of carbonyl (C=O) groups excluding carboxylic acids is 2. The van der Waals surface area contributed by atoms with Gasteiger partial charge in [0.25, 0.3) is 5.91 Å². The molecule has 1 saturated carbocycles. The van der Waals surface area contributed by atoms with Crippen molar-refractivity contribution in [3.8, 4) is 0 Å². The van der Waals surface area contributed by atoms with Crippen LogP contribution >= 0.6 is 50.7 Å². The first-order valence-electron chi connectivity index (χ1n) is 12.7. The van der Waals surface area contributed by atoms with E-state index in [1.165, 1.54) is 24.3 Å². The van der Waals surface area contributed by atoms with Crippen molar-refractivity contribution in [2.45, 2.75) is 43.9 Å².